The van der Waals surface area contributed by atoms with Crippen molar-refractivity contribution in [2.45, 2.75) is 45.4 Å². The zero-order chi connectivity index (χ0) is 18.0. The van der Waals surface area contributed by atoms with E-state index in [4.69, 9.17) is 4.74 Å². The molecule has 1 aliphatic rings. The Balaban J connectivity index is 1.71. The second-order valence-electron chi connectivity index (χ2n) is 6.80. The summed E-state index contributed by atoms with van der Waals surface area (Å²) in [6.07, 6.45) is 6.03. The number of ether oxygens (including phenoxy) is 1. The van der Waals surface area contributed by atoms with Crippen LogP contribution in [0.2, 0.25) is 0 Å². The lowest BCUT2D eigenvalue weighted by atomic mass is 9.80. The number of fused-ring (bicyclic) bond motifs is 1. The van der Waals surface area contributed by atoms with E-state index in [0.29, 0.717) is 5.92 Å². The summed E-state index contributed by atoms with van der Waals surface area (Å²) >= 11 is 0. The zero-order valence-electron chi connectivity index (χ0n) is 14.2. The van der Waals surface area contributed by atoms with Gasteiger partial charge in [0, 0.05) is 5.39 Å². The molecule has 0 aliphatic heterocycles. The first-order valence-corrected chi connectivity index (χ1v) is 8.78. The number of halogens is 3. The molecule has 0 bridgehead atoms. The Morgan fingerprint density at radius 2 is 1.80 bits per heavy atom. The Morgan fingerprint density at radius 1 is 1.08 bits per heavy atom. The van der Waals surface area contributed by atoms with E-state index in [2.05, 4.69) is 6.92 Å². The summed E-state index contributed by atoms with van der Waals surface area (Å²) in [5, 5.41) is 0.118. The van der Waals surface area contributed by atoms with Crippen LogP contribution in [0.25, 0.3) is 10.8 Å². The molecule has 0 saturated heterocycles. The van der Waals surface area contributed by atoms with Gasteiger partial charge in [0.25, 0.3) is 0 Å². The molecule has 0 N–H and O–H groups in total. The summed E-state index contributed by atoms with van der Waals surface area (Å²) in [6.45, 7) is 2.16. The van der Waals surface area contributed by atoms with Gasteiger partial charge in [-0.1, -0.05) is 19.8 Å². The van der Waals surface area contributed by atoms with Crippen molar-refractivity contribution in [1.29, 1.82) is 0 Å². The molecule has 0 unspecified atom stereocenters. The number of benzene rings is 2. The second kappa shape index (κ2) is 7.46. The highest BCUT2D eigenvalue weighted by atomic mass is 19.2. The van der Waals surface area contributed by atoms with E-state index in [-0.39, 0.29) is 28.4 Å². The van der Waals surface area contributed by atoms with Crippen molar-refractivity contribution in [3.8, 4) is 5.75 Å². The monoisotopic (exact) mass is 350 g/mol. The van der Waals surface area contributed by atoms with Crippen molar-refractivity contribution in [3.05, 3.63) is 41.7 Å². The van der Waals surface area contributed by atoms with E-state index in [1.165, 1.54) is 24.6 Å². The van der Waals surface area contributed by atoms with Crippen LogP contribution in [-0.2, 0) is 4.79 Å². The smallest absolute Gasteiger partial charge is 0.314 e. The minimum atomic E-state index is -1.50. The van der Waals surface area contributed by atoms with Crippen LogP contribution in [0.4, 0.5) is 13.2 Å². The van der Waals surface area contributed by atoms with Gasteiger partial charge in [0.05, 0.1) is 5.92 Å². The largest absolute Gasteiger partial charge is 0.426 e. The number of rotatable bonds is 4. The highest BCUT2D eigenvalue weighted by molar-refractivity contribution is 5.85. The van der Waals surface area contributed by atoms with Gasteiger partial charge >= 0.3 is 5.97 Å². The summed E-state index contributed by atoms with van der Waals surface area (Å²) in [5.74, 6) is -3.53. The van der Waals surface area contributed by atoms with Crippen molar-refractivity contribution in [2.24, 2.45) is 11.8 Å². The molecule has 1 fully saturated rings. The Bertz CT molecular complexity index is 780. The SMILES string of the molecule is CCCC1CCC(C(=O)Oc2ccc3c(F)c(F)c(F)cc3c2)CC1. The Hall–Kier alpha value is -2.04. The lowest BCUT2D eigenvalue weighted by Gasteiger charge is -2.26. The molecule has 134 valence electrons. The molecule has 1 aliphatic carbocycles. The summed E-state index contributed by atoms with van der Waals surface area (Å²) in [5.41, 5.74) is 0. The zero-order valence-corrected chi connectivity index (χ0v) is 14.2. The highest BCUT2D eigenvalue weighted by Gasteiger charge is 2.27. The highest BCUT2D eigenvalue weighted by Crippen LogP contribution is 2.33. The molecular formula is C20H21F3O2. The molecule has 0 spiro atoms. The predicted molar refractivity (Wildman–Crippen MR) is 89.8 cm³/mol. The second-order valence-corrected chi connectivity index (χ2v) is 6.80. The molecule has 1 saturated carbocycles. The van der Waals surface area contributed by atoms with Crippen LogP contribution in [-0.4, -0.2) is 5.97 Å². The lowest BCUT2D eigenvalue weighted by Crippen LogP contribution is -2.25. The molecule has 0 atom stereocenters. The van der Waals surface area contributed by atoms with Crippen molar-refractivity contribution in [2.75, 3.05) is 0 Å². The first-order chi connectivity index (χ1) is 12.0. The maximum absolute atomic E-state index is 13.7. The fourth-order valence-electron chi connectivity index (χ4n) is 3.64. The molecule has 0 aromatic heterocycles. The number of carbonyl (C=O) groups excluding carboxylic acids is 1. The molecule has 2 aromatic rings. The van der Waals surface area contributed by atoms with Crippen LogP contribution in [0.5, 0.6) is 5.75 Å². The van der Waals surface area contributed by atoms with Crippen LogP contribution < -0.4 is 4.74 Å². The summed E-state index contributed by atoms with van der Waals surface area (Å²) < 4.78 is 45.7. The summed E-state index contributed by atoms with van der Waals surface area (Å²) in [6, 6.07) is 4.97. The standard InChI is InChI=1S/C20H21F3O2/c1-2-3-12-4-6-13(7-5-12)20(24)25-15-8-9-16-14(10-15)11-17(21)19(23)18(16)22/h8-13H,2-7H2,1H3. The molecule has 2 aromatic carbocycles. The van der Waals surface area contributed by atoms with E-state index in [1.807, 2.05) is 0 Å². The first-order valence-electron chi connectivity index (χ1n) is 8.78. The third-order valence-electron chi connectivity index (χ3n) is 5.04. The van der Waals surface area contributed by atoms with E-state index in [9.17, 15) is 18.0 Å². The topological polar surface area (TPSA) is 26.3 Å². The molecule has 0 amide bonds. The molecule has 2 nitrogen and oxygen atoms in total. The van der Waals surface area contributed by atoms with Crippen LogP contribution in [0.15, 0.2) is 24.3 Å². The first kappa shape index (κ1) is 17.8. The van der Waals surface area contributed by atoms with E-state index in [0.717, 1.165) is 38.2 Å². The fraction of sp³-hybridized carbons (Fsp3) is 0.450. The van der Waals surface area contributed by atoms with Crippen molar-refractivity contribution < 1.29 is 22.7 Å². The number of carbonyl (C=O) groups is 1. The van der Waals surface area contributed by atoms with Gasteiger partial charge in [-0.15, -0.1) is 0 Å². The number of hydrogen-bond donors (Lipinski definition) is 0. The van der Waals surface area contributed by atoms with E-state index < -0.39 is 17.5 Å². The lowest BCUT2D eigenvalue weighted by molar-refractivity contribution is -0.140. The maximum atomic E-state index is 13.7. The average molecular weight is 350 g/mol. The minimum Gasteiger partial charge on any atom is -0.426 e. The third kappa shape index (κ3) is 3.80. The van der Waals surface area contributed by atoms with Gasteiger partial charge in [-0.25, -0.2) is 13.2 Å². The van der Waals surface area contributed by atoms with E-state index >= 15 is 0 Å². The van der Waals surface area contributed by atoms with Gasteiger partial charge < -0.3 is 4.74 Å². The van der Waals surface area contributed by atoms with Crippen molar-refractivity contribution in [1.82, 2.24) is 0 Å². The van der Waals surface area contributed by atoms with Crippen LogP contribution in [0, 0.1) is 29.3 Å². The van der Waals surface area contributed by atoms with Gasteiger partial charge in [-0.05, 0) is 61.3 Å². The maximum Gasteiger partial charge on any atom is 0.314 e. The molecule has 0 radical (unpaired) electrons. The Labute approximate surface area is 145 Å². The molecule has 25 heavy (non-hydrogen) atoms. The van der Waals surface area contributed by atoms with E-state index in [1.54, 1.807) is 0 Å². The van der Waals surface area contributed by atoms with Crippen molar-refractivity contribution >= 4 is 16.7 Å². The van der Waals surface area contributed by atoms with Gasteiger partial charge in [0.15, 0.2) is 17.5 Å². The minimum absolute atomic E-state index is 0.0428. The van der Waals surface area contributed by atoms with Gasteiger partial charge in [-0.3, -0.25) is 4.79 Å². The fourth-order valence-corrected chi connectivity index (χ4v) is 3.64. The molecule has 5 heteroatoms. The molecule has 0 heterocycles. The number of esters is 1. The Kier molecular flexibility index (Phi) is 5.30. The number of hydrogen-bond acceptors (Lipinski definition) is 2. The van der Waals surface area contributed by atoms with Crippen LogP contribution in [0.3, 0.4) is 0 Å². The Morgan fingerprint density at radius 3 is 2.48 bits per heavy atom. The van der Waals surface area contributed by atoms with Crippen LogP contribution in [0.1, 0.15) is 45.4 Å². The summed E-state index contributed by atoms with van der Waals surface area (Å²) in [4.78, 5) is 12.3. The van der Waals surface area contributed by atoms with Gasteiger partial charge in [0.2, 0.25) is 0 Å². The van der Waals surface area contributed by atoms with Gasteiger partial charge in [-0.2, -0.15) is 0 Å². The van der Waals surface area contributed by atoms with Crippen LogP contribution >= 0.6 is 0 Å². The molecule has 3 rings (SSSR count). The quantitative estimate of drug-likeness (QED) is 0.397. The predicted octanol–water partition coefficient (Wildman–Crippen LogP) is 5.77. The van der Waals surface area contributed by atoms with Gasteiger partial charge in [0.1, 0.15) is 5.75 Å². The third-order valence-corrected chi connectivity index (χ3v) is 5.04. The normalized spacial score (nSPS) is 20.6. The van der Waals surface area contributed by atoms with Crippen molar-refractivity contribution in [3.63, 3.8) is 0 Å². The summed E-state index contributed by atoms with van der Waals surface area (Å²) in [7, 11) is 0. The molecular weight excluding hydrogens is 329 g/mol. The average Bonchev–Trinajstić information content (AvgIpc) is 2.60.